The number of rotatable bonds is 6. The number of hydrogen-bond donors (Lipinski definition) is 2. The molecule has 25 heavy (non-hydrogen) atoms. The summed E-state index contributed by atoms with van der Waals surface area (Å²) >= 11 is 6.03. The molecule has 0 spiro atoms. The fourth-order valence-corrected chi connectivity index (χ4v) is 3.31. The van der Waals surface area contributed by atoms with Gasteiger partial charge in [-0.2, -0.15) is 0 Å². The van der Waals surface area contributed by atoms with Crippen molar-refractivity contribution in [2.24, 2.45) is 5.92 Å². The molecule has 0 radical (unpaired) electrons. The summed E-state index contributed by atoms with van der Waals surface area (Å²) in [5.41, 5.74) is 1.31. The van der Waals surface area contributed by atoms with Crippen molar-refractivity contribution in [1.29, 1.82) is 0 Å². The zero-order valence-corrected chi connectivity index (χ0v) is 14.7. The molecular weight excluding hydrogens is 340 g/mol. The number of aromatic nitrogens is 1. The average Bonchev–Trinajstić information content (AvgIpc) is 2.59. The Balaban J connectivity index is 1.77. The molecule has 2 N–H and O–H groups in total. The summed E-state index contributed by atoms with van der Waals surface area (Å²) in [6, 6.07) is 10.6. The van der Waals surface area contributed by atoms with Crippen molar-refractivity contribution in [1.82, 2.24) is 10.3 Å². The highest BCUT2D eigenvalue weighted by Gasteiger charge is 2.35. The number of carbonyl (C=O) groups excluding carboxylic acids is 1. The van der Waals surface area contributed by atoms with E-state index in [1.807, 2.05) is 18.2 Å². The number of amides is 1. The summed E-state index contributed by atoms with van der Waals surface area (Å²) in [6.07, 6.45) is 3.44. The number of aliphatic hydroxyl groups excluding tert-OH is 1. The van der Waals surface area contributed by atoms with E-state index in [4.69, 9.17) is 16.3 Å². The molecule has 0 unspecified atom stereocenters. The first-order valence-electron chi connectivity index (χ1n) is 8.29. The minimum absolute atomic E-state index is 0.102. The number of carbonyl (C=O) groups is 1. The van der Waals surface area contributed by atoms with Gasteiger partial charge in [0, 0.05) is 29.4 Å². The minimum Gasteiger partial charge on any atom is -0.496 e. The highest BCUT2D eigenvalue weighted by Crippen LogP contribution is 2.32. The molecule has 0 saturated heterocycles. The Hall–Kier alpha value is -2.11. The summed E-state index contributed by atoms with van der Waals surface area (Å²) in [5.74, 6) is 0.472. The van der Waals surface area contributed by atoms with Crippen LogP contribution in [0.2, 0.25) is 5.02 Å². The molecule has 6 heteroatoms. The molecule has 3 rings (SSSR count). The van der Waals surface area contributed by atoms with Crippen LogP contribution in [-0.4, -0.2) is 35.3 Å². The predicted molar refractivity (Wildman–Crippen MR) is 95.9 cm³/mol. The number of nitrogens with zero attached hydrogens (tertiary/aromatic N) is 1. The van der Waals surface area contributed by atoms with Gasteiger partial charge in [0.15, 0.2) is 0 Å². The average molecular weight is 361 g/mol. The predicted octanol–water partition coefficient (Wildman–Crippen LogP) is 2.86. The molecule has 1 aromatic heterocycles. The fraction of sp³-hybridized carbons (Fsp3) is 0.368. The molecule has 1 saturated carbocycles. The van der Waals surface area contributed by atoms with E-state index >= 15 is 0 Å². The maximum atomic E-state index is 12.8. The number of nitrogens with one attached hydrogen (secondary N) is 1. The second-order valence-electron chi connectivity index (χ2n) is 6.34. The Bertz CT molecular complexity index is 733. The lowest BCUT2D eigenvalue weighted by Crippen LogP contribution is -2.48. The summed E-state index contributed by atoms with van der Waals surface area (Å²) in [5, 5.41) is 13.2. The molecule has 1 aliphatic carbocycles. The smallest absolute Gasteiger partial charge is 0.255 e. The number of benzene rings is 1. The number of halogens is 1. The number of aliphatic hydroxyl groups is 1. The quantitative estimate of drug-likeness (QED) is 0.831. The van der Waals surface area contributed by atoms with Gasteiger partial charge in [-0.05, 0) is 49.1 Å². The number of hydrogen-bond acceptors (Lipinski definition) is 4. The largest absolute Gasteiger partial charge is 0.496 e. The van der Waals surface area contributed by atoms with E-state index in [0.29, 0.717) is 35.6 Å². The van der Waals surface area contributed by atoms with Crippen LogP contribution >= 0.6 is 11.6 Å². The van der Waals surface area contributed by atoms with Gasteiger partial charge in [-0.1, -0.05) is 17.7 Å². The third kappa shape index (κ3) is 4.30. The molecule has 5 nitrogen and oxygen atoms in total. The van der Waals surface area contributed by atoms with Crippen molar-refractivity contribution in [3.05, 3.63) is 58.9 Å². The van der Waals surface area contributed by atoms with Crippen LogP contribution in [0.4, 0.5) is 0 Å². The number of ether oxygens (including phenoxy) is 1. The lowest BCUT2D eigenvalue weighted by Gasteiger charge is -2.38. The number of methoxy groups -OCH3 is 1. The Morgan fingerprint density at radius 3 is 2.84 bits per heavy atom. The van der Waals surface area contributed by atoms with Gasteiger partial charge in [0.05, 0.1) is 18.8 Å². The molecule has 1 amide bonds. The van der Waals surface area contributed by atoms with Crippen LogP contribution in [0.15, 0.2) is 42.6 Å². The summed E-state index contributed by atoms with van der Waals surface area (Å²) in [4.78, 5) is 17.1. The van der Waals surface area contributed by atoms with Crippen molar-refractivity contribution in [3.8, 4) is 5.75 Å². The van der Waals surface area contributed by atoms with E-state index in [-0.39, 0.29) is 24.0 Å². The third-order valence-corrected chi connectivity index (χ3v) is 4.83. The molecule has 1 aliphatic rings. The molecule has 2 aromatic rings. The molecule has 1 fully saturated rings. The minimum atomic E-state index is -0.283. The maximum Gasteiger partial charge on any atom is 0.255 e. The van der Waals surface area contributed by atoms with Crippen LogP contribution in [0.5, 0.6) is 5.75 Å². The van der Waals surface area contributed by atoms with Gasteiger partial charge < -0.3 is 15.2 Å². The zero-order chi connectivity index (χ0) is 17.8. The lowest BCUT2D eigenvalue weighted by molar-refractivity contribution is 0.0237. The van der Waals surface area contributed by atoms with Crippen LogP contribution in [0, 0.1) is 5.92 Å². The monoisotopic (exact) mass is 360 g/mol. The molecule has 132 valence electrons. The van der Waals surface area contributed by atoms with Crippen LogP contribution in [0.3, 0.4) is 0 Å². The van der Waals surface area contributed by atoms with Gasteiger partial charge >= 0.3 is 0 Å². The van der Waals surface area contributed by atoms with E-state index < -0.39 is 0 Å². The molecule has 1 atom stereocenters. The van der Waals surface area contributed by atoms with Gasteiger partial charge in [-0.25, -0.2) is 0 Å². The third-order valence-electron chi connectivity index (χ3n) is 4.60. The van der Waals surface area contributed by atoms with E-state index in [2.05, 4.69) is 10.3 Å². The molecule has 0 aliphatic heterocycles. The van der Waals surface area contributed by atoms with Crippen LogP contribution in [0.25, 0.3) is 0 Å². The maximum absolute atomic E-state index is 12.8. The van der Waals surface area contributed by atoms with Gasteiger partial charge in [0.1, 0.15) is 5.75 Å². The second kappa shape index (κ2) is 7.85. The van der Waals surface area contributed by atoms with E-state index in [9.17, 15) is 9.90 Å². The lowest BCUT2D eigenvalue weighted by atomic mass is 9.76. The van der Waals surface area contributed by atoms with Crippen LogP contribution in [0.1, 0.15) is 28.9 Å². The Morgan fingerprint density at radius 2 is 2.20 bits per heavy atom. The standard InChI is InChI=1S/C19H21ClN2O3/c1-25-18-6-5-13(20)10-16(18)19(24)22-17(12-8-15(23)9-12)11-14-4-2-3-7-21-14/h2-7,10,12,15,17,23H,8-9,11H2,1H3,(H,22,24)/t12?,15?,17-/m0/s1. The topological polar surface area (TPSA) is 71.5 Å². The molecular formula is C19H21ClN2O3. The highest BCUT2D eigenvalue weighted by atomic mass is 35.5. The first-order valence-corrected chi connectivity index (χ1v) is 8.67. The van der Waals surface area contributed by atoms with E-state index in [0.717, 1.165) is 5.69 Å². The van der Waals surface area contributed by atoms with Crippen LogP contribution < -0.4 is 10.1 Å². The number of pyridine rings is 1. The summed E-state index contributed by atoms with van der Waals surface area (Å²) < 4.78 is 5.27. The Kier molecular flexibility index (Phi) is 5.56. The van der Waals surface area contributed by atoms with Crippen molar-refractivity contribution < 1.29 is 14.6 Å². The normalized spacial score (nSPS) is 20.4. The van der Waals surface area contributed by atoms with Crippen LogP contribution in [-0.2, 0) is 6.42 Å². The van der Waals surface area contributed by atoms with E-state index in [1.54, 1.807) is 24.4 Å². The zero-order valence-electron chi connectivity index (χ0n) is 14.0. The van der Waals surface area contributed by atoms with Gasteiger partial charge in [-0.3, -0.25) is 9.78 Å². The van der Waals surface area contributed by atoms with Crippen molar-refractivity contribution in [3.63, 3.8) is 0 Å². The summed E-state index contributed by atoms with van der Waals surface area (Å²) in [6.45, 7) is 0. The van der Waals surface area contributed by atoms with Gasteiger partial charge in [0.2, 0.25) is 0 Å². The van der Waals surface area contributed by atoms with Crippen molar-refractivity contribution in [2.75, 3.05) is 7.11 Å². The first kappa shape index (κ1) is 17.7. The fourth-order valence-electron chi connectivity index (χ4n) is 3.14. The Morgan fingerprint density at radius 1 is 1.40 bits per heavy atom. The highest BCUT2D eigenvalue weighted by molar-refractivity contribution is 6.31. The SMILES string of the molecule is COc1ccc(Cl)cc1C(=O)N[C@@H](Cc1ccccn1)C1CC(O)C1. The van der Waals surface area contributed by atoms with Crippen molar-refractivity contribution >= 4 is 17.5 Å². The first-order chi connectivity index (χ1) is 12.1. The molecule has 1 aromatic carbocycles. The Labute approximate surface area is 152 Å². The second-order valence-corrected chi connectivity index (χ2v) is 6.77. The molecule has 1 heterocycles. The van der Waals surface area contributed by atoms with Gasteiger partial charge in [-0.15, -0.1) is 0 Å². The van der Waals surface area contributed by atoms with Gasteiger partial charge in [0.25, 0.3) is 5.91 Å². The summed E-state index contributed by atoms with van der Waals surface area (Å²) in [7, 11) is 1.52. The van der Waals surface area contributed by atoms with Crippen molar-refractivity contribution in [2.45, 2.75) is 31.4 Å². The molecule has 0 bridgehead atoms. The van der Waals surface area contributed by atoms with E-state index in [1.165, 1.54) is 7.11 Å².